The van der Waals surface area contributed by atoms with Crippen molar-refractivity contribution in [2.45, 2.75) is 38.1 Å². The van der Waals surface area contributed by atoms with Crippen LogP contribution in [-0.2, 0) is 17.6 Å². The summed E-state index contributed by atoms with van der Waals surface area (Å²) < 4.78 is 0. The fourth-order valence-corrected chi connectivity index (χ4v) is 4.51. The number of likely N-dealkylation sites (tertiary alicyclic amines) is 1. The minimum Gasteiger partial charge on any atom is -0.340 e. The molecule has 0 radical (unpaired) electrons. The summed E-state index contributed by atoms with van der Waals surface area (Å²) >= 11 is 0. The standard InChI is InChI=1S/C22H26N2O/c1-22(12-11-16-7-5-6-10-18(16)13-22)21(25)24-14-19(20(23)15-24)17-8-3-2-4-9-17/h2-10,19-20H,11-15,23H2,1H3/t19-,20+,22?/m0/s1. The zero-order chi connectivity index (χ0) is 17.4. The number of hydrogen-bond donors (Lipinski definition) is 1. The van der Waals surface area contributed by atoms with Crippen molar-refractivity contribution in [3.8, 4) is 0 Å². The highest BCUT2D eigenvalue weighted by Gasteiger charge is 2.43. The molecule has 130 valence electrons. The first-order valence-electron chi connectivity index (χ1n) is 9.23. The highest BCUT2D eigenvalue weighted by Crippen LogP contribution is 2.38. The number of rotatable bonds is 2. The van der Waals surface area contributed by atoms with Crippen molar-refractivity contribution in [1.29, 1.82) is 0 Å². The van der Waals surface area contributed by atoms with Gasteiger partial charge in [-0.25, -0.2) is 0 Å². The summed E-state index contributed by atoms with van der Waals surface area (Å²) in [4.78, 5) is 15.3. The van der Waals surface area contributed by atoms with Crippen molar-refractivity contribution < 1.29 is 4.79 Å². The predicted octanol–water partition coefficient (Wildman–Crippen LogP) is 3.13. The van der Waals surface area contributed by atoms with Gasteiger partial charge in [0.25, 0.3) is 0 Å². The Labute approximate surface area is 149 Å². The second kappa shape index (κ2) is 6.30. The molecule has 2 N–H and O–H groups in total. The lowest BCUT2D eigenvalue weighted by molar-refractivity contribution is -0.140. The first-order valence-corrected chi connectivity index (χ1v) is 9.23. The number of carbonyl (C=O) groups excluding carboxylic acids is 1. The fourth-order valence-electron chi connectivity index (χ4n) is 4.51. The molecular formula is C22H26N2O. The molecule has 3 nitrogen and oxygen atoms in total. The Kier molecular flexibility index (Phi) is 4.12. The van der Waals surface area contributed by atoms with E-state index in [1.165, 1.54) is 16.7 Å². The largest absolute Gasteiger partial charge is 0.340 e. The summed E-state index contributed by atoms with van der Waals surface area (Å²) in [5, 5.41) is 0. The summed E-state index contributed by atoms with van der Waals surface area (Å²) in [6.07, 6.45) is 2.74. The number of fused-ring (bicyclic) bond motifs is 1. The van der Waals surface area contributed by atoms with Gasteiger partial charge in [-0.3, -0.25) is 4.79 Å². The van der Waals surface area contributed by atoms with E-state index in [4.69, 9.17) is 5.73 Å². The monoisotopic (exact) mass is 334 g/mol. The van der Waals surface area contributed by atoms with E-state index in [-0.39, 0.29) is 23.3 Å². The zero-order valence-electron chi connectivity index (χ0n) is 14.8. The molecule has 2 aromatic rings. The number of aryl methyl sites for hydroxylation is 1. The van der Waals surface area contributed by atoms with Gasteiger partial charge < -0.3 is 10.6 Å². The van der Waals surface area contributed by atoms with Gasteiger partial charge in [0.2, 0.25) is 5.91 Å². The molecular weight excluding hydrogens is 308 g/mol. The number of benzene rings is 2. The van der Waals surface area contributed by atoms with Crippen LogP contribution < -0.4 is 5.73 Å². The first kappa shape index (κ1) is 16.3. The molecule has 1 unspecified atom stereocenters. The van der Waals surface area contributed by atoms with Crippen molar-refractivity contribution in [3.63, 3.8) is 0 Å². The van der Waals surface area contributed by atoms with Gasteiger partial charge >= 0.3 is 0 Å². The van der Waals surface area contributed by atoms with Crippen LogP contribution in [0.1, 0.15) is 36.0 Å². The maximum Gasteiger partial charge on any atom is 0.228 e. The first-order chi connectivity index (χ1) is 12.1. The van der Waals surface area contributed by atoms with Gasteiger partial charge in [0.1, 0.15) is 0 Å². The third-order valence-electron chi connectivity index (χ3n) is 6.04. The molecule has 1 heterocycles. The van der Waals surface area contributed by atoms with Crippen LogP contribution in [0.4, 0.5) is 0 Å². The fraction of sp³-hybridized carbons (Fsp3) is 0.409. The average Bonchev–Trinajstić information content (AvgIpc) is 3.03. The van der Waals surface area contributed by atoms with Crippen LogP contribution in [0.2, 0.25) is 0 Å². The topological polar surface area (TPSA) is 46.3 Å². The molecule has 25 heavy (non-hydrogen) atoms. The van der Waals surface area contributed by atoms with Crippen LogP contribution in [0, 0.1) is 5.41 Å². The highest BCUT2D eigenvalue weighted by atomic mass is 16.2. The van der Waals surface area contributed by atoms with E-state index < -0.39 is 0 Å². The molecule has 4 rings (SSSR count). The van der Waals surface area contributed by atoms with Gasteiger partial charge in [0.15, 0.2) is 0 Å². The number of hydrogen-bond acceptors (Lipinski definition) is 2. The molecule has 2 aliphatic rings. The van der Waals surface area contributed by atoms with E-state index >= 15 is 0 Å². The van der Waals surface area contributed by atoms with Crippen LogP contribution in [0.15, 0.2) is 54.6 Å². The lowest BCUT2D eigenvalue weighted by atomic mass is 9.72. The Balaban J connectivity index is 1.52. The summed E-state index contributed by atoms with van der Waals surface area (Å²) in [7, 11) is 0. The van der Waals surface area contributed by atoms with Crippen LogP contribution in [0.5, 0.6) is 0 Å². The molecule has 0 aromatic heterocycles. The number of carbonyl (C=O) groups is 1. The second-order valence-corrected chi connectivity index (χ2v) is 7.90. The van der Waals surface area contributed by atoms with Gasteiger partial charge in [-0.2, -0.15) is 0 Å². The molecule has 0 saturated carbocycles. The average molecular weight is 334 g/mol. The van der Waals surface area contributed by atoms with Crippen molar-refractivity contribution in [3.05, 3.63) is 71.3 Å². The van der Waals surface area contributed by atoms with Gasteiger partial charge in [-0.05, 0) is 36.0 Å². The molecule has 3 atom stereocenters. The second-order valence-electron chi connectivity index (χ2n) is 7.90. The smallest absolute Gasteiger partial charge is 0.228 e. The summed E-state index contributed by atoms with van der Waals surface area (Å²) in [6.45, 7) is 3.53. The van der Waals surface area contributed by atoms with Gasteiger partial charge in [0, 0.05) is 25.0 Å². The number of amides is 1. The summed E-state index contributed by atoms with van der Waals surface area (Å²) in [5.74, 6) is 0.514. The van der Waals surface area contributed by atoms with Crippen LogP contribution in [0.25, 0.3) is 0 Å². The van der Waals surface area contributed by atoms with Crippen LogP contribution >= 0.6 is 0 Å². The van der Waals surface area contributed by atoms with Crippen molar-refractivity contribution in [1.82, 2.24) is 4.90 Å². The van der Waals surface area contributed by atoms with E-state index in [0.717, 1.165) is 25.8 Å². The SMILES string of the molecule is CC1(C(=O)N2C[C@@H](N)[C@H](c3ccccc3)C2)CCc2ccccc2C1. The van der Waals surface area contributed by atoms with Crippen LogP contribution in [-0.4, -0.2) is 29.9 Å². The Hall–Kier alpha value is -2.13. The van der Waals surface area contributed by atoms with E-state index in [9.17, 15) is 4.79 Å². The quantitative estimate of drug-likeness (QED) is 0.917. The zero-order valence-corrected chi connectivity index (χ0v) is 14.8. The van der Waals surface area contributed by atoms with E-state index in [2.05, 4.69) is 43.3 Å². The molecule has 1 aliphatic carbocycles. The predicted molar refractivity (Wildman–Crippen MR) is 100 cm³/mol. The molecule has 0 spiro atoms. The molecule has 1 fully saturated rings. The van der Waals surface area contributed by atoms with E-state index in [0.29, 0.717) is 6.54 Å². The Morgan fingerprint density at radius 3 is 2.48 bits per heavy atom. The molecule has 3 heteroatoms. The van der Waals surface area contributed by atoms with E-state index in [1.54, 1.807) is 0 Å². The molecule has 2 aromatic carbocycles. The summed E-state index contributed by atoms with van der Waals surface area (Å²) in [5.41, 5.74) is 10.1. The highest BCUT2D eigenvalue weighted by molar-refractivity contribution is 5.83. The van der Waals surface area contributed by atoms with Crippen molar-refractivity contribution in [2.24, 2.45) is 11.1 Å². The van der Waals surface area contributed by atoms with Crippen LogP contribution in [0.3, 0.4) is 0 Å². The maximum atomic E-state index is 13.3. The van der Waals surface area contributed by atoms with Gasteiger partial charge in [-0.15, -0.1) is 0 Å². The van der Waals surface area contributed by atoms with Gasteiger partial charge in [0.05, 0.1) is 5.41 Å². The molecule has 1 amide bonds. The van der Waals surface area contributed by atoms with Gasteiger partial charge in [-0.1, -0.05) is 61.5 Å². The molecule has 1 saturated heterocycles. The Morgan fingerprint density at radius 1 is 1.04 bits per heavy atom. The van der Waals surface area contributed by atoms with E-state index in [1.807, 2.05) is 23.1 Å². The lowest BCUT2D eigenvalue weighted by Gasteiger charge is -2.36. The normalized spacial score (nSPS) is 28.6. The Bertz CT molecular complexity index is 773. The Morgan fingerprint density at radius 2 is 1.72 bits per heavy atom. The van der Waals surface area contributed by atoms with Crippen molar-refractivity contribution >= 4 is 5.91 Å². The lowest BCUT2D eigenvalue weighted by Crippen LogP contribution is -2.45. The number of nitrogens with two attached hydrogens (primary N) is 1. The summed E-state index contributed by atoms with van der Waals surface area (Å²) in [6, 6.07) is 18.9. The third kappa shape index (κ3) is 2.98. The minimum absolute atomic E-state index is 0.0193. The van der Waals surface area contributed by atoms with Crippen molar-refractivity contribution in [2.75, 3.05) is 13.1 Å². The third-order valence-corrected chi connectivity index (χ3v) is 6.04. The number of nitrogens with zero attached hydrogens (tertiary/aromatic N) is 1. The maximum absolute atomic E-state index is 13.3. The molecule has 0 bridgehead atoms. The minimum atomic E-state index is -0.306. The molecule has 1 aliphatic heterocycles.